The summed E-state index contributed by atoms with van der Waals surface area (Å²) in [5.41, 5.74) is 9.05. The molecule has 20 heavy (non-hydrogen) atoms. The lowest BCUT2D eigenvalue weighted by molar-refractivity contribution is 0.622. The maximum absolute atomic E-state index is 5.80. The van der Waals surface area contributed by atoms with E-state index in [4.69, 9.17) is 5.73 Å². The lowest BCUT2D eigenvalue weighted by Gasteiger charge is -2.07. The van der Waals surface area contributed by atoms with Gasteiger partial charge in [-0.1, -0.05) is 38.1 Å². The molecule has 0 aliphatic carbocycles. The standard InChI is InChI=1S/C15H21N5/c1-11(2)9-17-15(16)18-10-12-3-5-13(6-4-12)14-7-8-19-20-14/h3-8,11H,9-10H2,1-2H3,(H,19,20)(H3,16,17,18). The summed E-state index contributed by atoms with van der Waals surface area (Å²) in [6.45, 7) is 5.69. The van der Waals surface area contributed by atoms with Crippen LogP contribution in [0.2, 0.25) is 0 Å². The Morgan fingerprint density at radius 1 is 1.30 bits per heavy atom. The Labute approximate surface area is 119 Å². The average Bonchev–Trinajstić information content (AvgIpc) is 2.97. The van der Waals surface area contributed by atoms with Gasteiger partial charge in [-0.25, -0.2) is 4.99 Å². The number of nitrogens with two attached hydrogens (primary N) is 1. The Bertz CT molecular complexity index is 540. The van der Waals surface area contributed by atoms with Gasteiger partial charge in [0.25, 0.3) is 0 Å². The molecule has 0 saturated carbocycles. The van der Waals surface area contributed by atoms with Crippen molar-refractivity contribution in [3.05, 3.63) is 42.1 Å². The fourth-order valence-corrected chi connectivity index (χ4v) is 1.75. The Morgan fingerprint density at radius 3 is 2.65 bits per heavy atom. The first kappa shape index (κ1) is 14.1. The van der Waals surface area contributed by atoms with Crippen molar-refractivity contribution in [2.45, 2.75) is 20.4 Å². The van der Waals surface area contributed by atoms with Gasteiger partial charge in [0.05, 0.1) is 12.2 Å². The number of aromatic amines is 1. The summed E-state index contributed by atoms with van der Waals surface area (Å²) < 4.78 is 0. The molecule has 106 valence electrons. The Kier molecular flexibility index (Phi) is 4.76. The van der Waals surface area contributed by atoms with Crippen LogP contribution in [0.4, 0.5) is 0 Å². The second-order valence-electron chi connectivity index (χ2n) is 5.14. The first-order chi connectivity index (χ1) is 9.65. The topological polar surface area (TPSA) is 79.1 Å². The molecule has 4 N–H and O–H groups in total. The van der Waals surface area contributed by atoms with E-state index in [9.17, 15) is 0 Å². The van der Waals surface area contributed by atoms with Crippen LogP contribution in [0.15, 0.2) is 41.5 Å². The molecule has 1 aromatic carbocycles. The molecule has 0 unspecified atom stereocenters. The number of rotatable bonds is 5. The maximum atomic E-state index is 5.80. The normalized spacial score (nSPS) is 11.8. The minimum absolute atomic E-state index is 0.497. The van der Waals surface area contributed by atoms with Gasteiger partial charge in [0.2, 0.25) is 0 Å². The van der Waals surface area contributed by atoms with Crippen LogP contribution in [-0.4, -0.2) is 22.7 Å². The van der Waals surface area contributed by atoms with Crippen LogP contribution in [0.25, 0.3) is 11.3 Å². The zero-order valence-electron chi connectivity index (χ0n) is 11.9. The van der Waals surface area contributed by atoms with Crippen molar-refractivity contribution < 1.29 is 0 Å². The molecule has 2 rings (SSSR count). The van der Waals surface area contributed by atoms with Gasteiger partial charge in [0, 0.05) is 12.7 Å². The van der Waals surface area contributed by atoms with Gasteiger partial charge in [-0.3, -0.25) is 5.10 Å². The van der Waals surface area contributed by atoms with E-state index < -0.39 is 0 Å². The van der Waals surface area contributed by atoms with Crippen LogP contribution in [0.1, 0.15) is 19.4 Å². The highest BCUT2D eigenvalue weighted by Crippen LogP contribution is 2.16. The van der Waals surface area contributed by atoms with E-state index in [1.807, 2.05) is 6.07 Å². The van der Waals surface area contributed by atoms with Crippen molar-refractivity contribution in [3.8, 4) is 11.3 Å². The average molecular weight is 271 g/mol. The van der Waals surface area contributed by atoms with E-state index in [2.05, 4.69) is 58.6 Å². The summed E-state index contributed by atoms with van der Waals surface area (Å²) >= 11 is 0. The predicted molar refractivity (Wildman–Crippen MR) is 82.2 cm³/mol. The second kappa shape index (κ2) is 6.75. The number of benzene rings is 1. The minimum Gasteiger partial charge on any atom is -0.370 e. The molecule has 0 radical (unpaired) electrons. The summed E-state index contributed by atoms with van der Waals surface area (Å²) in [5.74, 6) is 1.05. The van der Waals surface area contributed by atoms with Crippen molar-refractivity contribution in [1.29, 1.82) is 0 Å². The fraction of sp³-hybridized carbons (Fsp3) is 0.333. The molecule has 5 heteroatoms. The number of aromatic nitrogens is 2. The molecule has 0 amide bonds. The van der Waals surface area contributed by atoms with Crippen molar-refractivity contribution in [2.75, 3.05) is 6.54 Å². The number of H-pyrrole nitrogens is 1. The summed E-state index contributed by atoms with van der Waals surface area (Å²) in [6.07, 6.45) is 1.74. The lowest BCUT2D eigenvalue weighted by atomic mass is 10.1. The quantitative estimate of drug-likeness (QED) is 0.576. The molecule has 0 aliphatic heterocycles. The number of hydrogen-bond acceptors (Lipinski definition) is 2. The molecule has 2 aromatic rings. The highest BCUT2D eigenvalue weighted by Gasteiger charge is 1.99. The molecule has 5 nitrogen and oxygen atoms in total. The van der Waals surface area contributed by atoms with E-state index in [0.717, 1.165) is 23.4 Å². The molecule has 0 bridgehead atoms. The number of hydrogen-bond donors (Lipinski definition) is 3. The third-order valence-electron chi connectivity index (χ3n) is 2.89. The maximum Gasteiger partial charge on any atom is 0.188 e. The minimum atomic E-state index is 0.497. The molecular weight excluding hydrogens is 250 g/mol. The summed E-state index contributed by atoms with van der Waals surface area (Å²) in [6, 6.07) is 10.2. The van der Waals surface area contributed by atoms with Crippen LogP contribution < -0.4 is 11.1 Å². The Hall–Kier alpha value is -2.30. The lowest BCUT2D eigenvalue weighted by Crippen LogP contribution is -2.34. The molecule has 0 atom stereocenters. The van der Waals surface area contributed by atoms with E-state index in [1.54, 1.807) is 6.20 Å². The van der Waals surface area contributed by atoms with E-state index in [1.165, 1.54) is 0 Å². The predicted octanol–water partition coefficient (Wildman–Crippen LogP) is 2.14. The van der Waals surface area contributed by atoms with Crippen LogP contribution in [0, 0.1) is 5.92 Å². The molecular formula is C15H21N5. The van der Waals surface area contributed by atoms with Crippen LogP contribution in [0.3, 0.4) is 0 Å². The van der Waals surface area contributed by atoms with Gasteiger partial charge < -0.3 is 11.1 Å². The van der Waals surface area contributed by atoms with Crippen molar-refractivity contribution in [3.63, 3.8) is 0 Å². The first-order valence-electron chi connectivity index (χ1n) is 6.77. The third-order valence-corrected chi connectivity index (χ3v) is 2.89. The van der Waals surface area contributed by atoms with Crippen molar-refractivity contribution >= 4 is 5.96 Å². The van der Waals surface area contributed by atoms with Crippen molar-refractivity contribution in [1.82, 2.24) is 15.5 Å². The third kappa shape index (κ3) is 4.12. The zero-order chi connectivity index (χ0) is 14.4. The Morgan fingerprint density at radius 2 is 2.05 bits per heavy atom. The van der Waals surface area contributed by atoms with Crippen LogP contribution in [-0.2, 0) is 6.54 Å². The van der Waals surface area contributed by atoms with Crippen molar-refractivity contribution in [2.24, 2.45) is 16.6 Å². The number of aliphatic imine (C=N–C) groups is 1. The highest BCUT2D eigenvalue weighted by atomic mass is 15.1. The van der Waals surface area contributed by atoms with E-state index in [-0.39, 0.29) is 0 Å². The fourth-order valence-electron chi connectivity index (χ4n) is 1.75. The van der Waals surface area contributed by atoms with Gasteiger partial charge in [0.1, 0.15) is 0 Å². The van der Waals surface area contributed by atoms with Crippen LogP contribution >= 0.6 is 0 Å². The Balaban J connectivity index is 1.92. The first-order valence-corrected chi connectivity index (χ1v) is 6.77. The SMILES string of the molecule is CC(C)CNC(N)=NCc1ccc(-c2ccn[nH]2)cc1. The molecule has 0 saturated heterocycles. The number of nitrogens with one attached hydrogen (secondary N) is 2. The summed E-state index contributed by atoms with van der Waals surface area (Å²) in [7, 11) is 0. The molecule has 1 heterocycles. The smallest absolute Gasteiger partial charge is 0.188 e. The zero-order valence-corrected chi connectivity index (χ0v) is 11.9. The van der Waals surface area contributed by atoms with Crippen LogP contribution in [0.5, 0.6) is 0 Å². The largest absolute Gasteiger partial charge is 0.370 e. The van der Waals surface area contributed by atoms with Gasteiger partial charge >= 0.3 is 0 Å². The van der Waals surface area contributed by atoms with Gasteiger partial charge in [-0.2, -0.15) is 5.10 Å². The highest BCUT2D eigenvalue weighted by molar-refractivity contribution is 5.77. The van der Waals surface area contributed by atoms with Gasteiger partial charge in [0.15, 0.2) is 5.96 Å². The second-order valence-corrected chi connectivity index (χ2v) is 5.14. The molecule has 0 aliphatic rings. The summed E-state index contributed by atoms with van der Waals surface area (Å²) in [5, 5.41) is 9.99. The molecule has 0 fully saturated rings. The molecule has 1 aromatic heterocycles. The number of nitrogens with zero attached hydrogens (tertiary/aromatic N) is 2. The van der Waals surface area contributed by atoms with Gasteiger partial charge in [-0.15, -0.1) is 0 Å². The molecule has 0 spiro atoms. The van der Waals surface area contributed by atoms with E-state index >= 15 is 0 Å². The number of guanidine groups is 1. The summed E-state index contributed by atoms with van der Waals surface area (Å²) in [4.78, 5) is 4.32. The van der Waals surface area contributed by atoms with E-state index in [0.29, 0.717) is 18.4 Å². The van der Waals surface area contributed by atoms with Gasteiger partial charge in [-0.05, 0) is 23.1 Å². The monoisotopic (exact) mass is 271 g/mol.